The number of morpholine rings is 1. The van der Waals surface area contributed by atoms with Crippen molar-refractivity contribution in [1.82, 2.24) is 9.88 Å². The van der Waals surface area contributed by atoms with Crippen LogP contribution in [0.4, 0.5) is 10.8 Å². The molecule has 1 fully saturated rings. The van der Waals surface area contributed by atoms with Crippen LogP contribution in [-0.2, 0) is 9.47 Å². The maximum atomic E-state index is 12.0. The van der Waals surface area contributed by atoms with Gasteiger partial charge in [-0.05, 0) is 20.8 Å². The SMILES string of the molecule is CC(C)(C)OC(=O)N1CCOC(c2cnc(N)o2)C1. The summed E-state index contributed by atoms with van der Waals surface area (Å²) in [6.07, 6.45) is 0.804. The van der Waals surface area contributed by atoms with Gasteiger partial charge in [0.2, 0.25) is 0 Å². The van der Waals surface area contributed by atoms with Gasteiger partial charge < -0.3 is 24.5 Å². The summed E-state index contributed by atoms with van der Waals surface area (Å²) in [4.78, 5) is 17.4. The van der Waals surface area contributed by atoms with Crippen LogP contribution in [0.1, 0.15) is 32.6 Å². The van der Waals surface area contributed by atoms with E-state index in [1.807, 2.05) is 20.8 Å². The highest BCUT2D eigenvalue weighted by molar-refractivity contribution is 5.68. The van der Waals surface area contributed by atoms with Crippen molar-refractivity contribution in [3.05, 3.63) is 12.0 Å². The molecule has 2 N–H and O–H groups in total. The number of ether oxygens (including phenoxy) is 2. The fraction of sp³-hybridized carbons (Fsp3) is 0.667. The van der Waals surface area contributed by atoms with Crippen LogP contribution in [-0.4, -0.2) is 41.3 Å². The smallest absolute Gasteiger partial charge is 0.410 e. The summed E-state index contributed by atoms with van der Waals surface area (Å²) in [7, 11) is 0. The van der Waals surface area contributed by atoms with Gasteiger partial charge in [0.05, 0.1) is 19.3 Å². The van der Waals surface area contributed by atoms with Gasteiger partial charge in [-0.2, -0.15) is 0 Å². The second-order valence-electron chi connectivity index (χ2n) is 5.39. The quantitative estimate of drug-likeness (QED) is 0.832. The normalized spacial score (nSPS) is 20.4. The number of rotatable bonds is 1. The first-order valence-corrected chi connectivity index (χ1v) is 6.16. The first kappa shape index (κ1) is 13.7. The fourth-order valence-corrected chi connectivity index (χ4v) is 1.76. The Labute approximate surface area is 111 Å². The maximum Gasteiger partial charge on any atom is 0.410 e. The van der Waals surface area contributed by atoms with Crippen LogP contribution in [0.5, 0.6) is 0 Å². The van der Waals surface area contributed by atoms with Crippen molar-refractivity contribution in [2.45, 2.75) is 32.5 Å². The minimum atomic E-state index is -0.512. The molecule has 7 heteroatoms. The number of nitrogen functional groups attached to an aromatic ring is 1. The van der Waals surface area contributed by atoms with E-state index in [-0.39, 0.29) is 18.2 Å². The van der Waals surface area contributed by atoms with Crippen LogP contribution < -0.4 is 5.73 Å². The molecule has 2 heterocycles. The van der Waals surface area contributed by atoms with Gasteiger partial charge in [0.15, 0.2) is 5.76 Å². The van der Waals surface area contributed by atoms with Gasteiger partial charge in [0.25, 0.3) is 6.01 Å². The van der Waals surface area contributed by atoms with E-state index in [4.69, 9.17) is 19.6 Å². The Bertz CT molecular complexity index is 452. The van der Waals surface area contributed by atoms with Gasteiger partial charge in [-0.3, -0.25) is 0 Å². The molecule has 7 nitrogen and oxygen atoms in total. The summed E-state index contributed by atoms with van der Waals surface area (Å²) in [6, 6.07) is 0.0907. The van der Waals surface area contributed by atoms with Crippen molar-refractivity contribution < 1.29 is 18.7 Å². The Morgan fingerprint density at radius 2 is 2.32 bits per heavy atom. The van der Waals surface area contributed by atoms with Crippen molar-refractivity contribution in [2.24, 2.45) is 0 Å². The molecule has 0 spiro atoms. The van der Waals surface area contributed by atoms with E-state index in [0.29, 0.717) is 25.5 Å². The van der Waals surface area contributed by atoms with E-state index in [1.54, 1.807) is 4.90 Å². The molecule has 1 aromatic heterocycles. The third-order valence-electron chi connectivity index (χ3n) is 2.58. The predicted octanol–water partition coefficient (Wildman–Crippen LogP) is 1.57. The number of anilines is 1. The number of hydrogen-bond donors (Lipinski definition) is 1. The molecule has 1 amide bonds. The first-order valence-electron chi connectivity index (χ1n) is 6.16. The molecule has 1 aliphatic heterocycles. The van der Waals surface area contributed by atoms with Crippen LogP contribution in [0, 0.1) is 0 Å². The minimum absolute atomic E-state index is 0.0907. The summed E-state index contributed by atoms with van der Waals surface area (Å²) in [5, 5.41) is 0. The summed E-state index contributed by atoms with van der Waals surface area (Å²) >= 11 is 0. The standard InChI is InChI=1S/C12H19N3O4/c1-12(2,3)19-11(16)15-4-5-17-9(7-15)8-6-14-10(13)18-8/h6,9H,4-5,7H2,1-3H3,(H2,13,14). The molecule has 1 unspecified atom stereocenters. The summed E-state index contributed by atoms with van der Waals surface area (Å²) in [5.41, 5.74) is 4.91. The molecule has 0 saturated carbocycles. The average molecular weight is 269 g/mol. The number of carbonyl (C=O) groups is 1. The van der Waals surface area contributed by atoms with Crippen molar-refractivity contribution in [3.8, 4) is 0 Å². The Kier molecular flexibility index (Phi) is 3.66. The van der Waals surface area contributed by atoms with Gasteiger partial charge in [0.1, 0.15) is 11.7 Å². The molecule has 19 heavy (non-hydrogen) atoms. The van der Waals surface area contributed by atoms with E-state index >= 15 is 0 Å². The second kappa shape index (κ2) is 5.08. The minimum Gasteiger partial charge on any atom is -0.444 e. The molecule has 0 radical (unpaired) electrons. The van der Waals surface area contributed by atoms with Crippen molar-refractivity contribution in [1.29, 1.82) is 0 Å². The van der Waals surface area contributed by atoms with E-state index in [0.717, 1.165) is 0 Å². The van der Waals surface area contributed by atoms with Gasteiger partial charge in [-0.15, -0.1) is 0 Å². The van der Waals surface area contributed by atoms with Gasteiger partial charge in [-0.25, -0.2) is 9.78 Å². The molecule has 0 bridgehead atoms. The lowest BCUT2D eigenvalue weighted by Gasteiger charge is -2.33. The lowest BCUT2D eigenvalue weighted by molar-refractivity contribution is -0.0499. The molecule has 1 aromatic rings. The highest BCUT2D eigenvalue weighted by atomic mass is 16.6. The zero-order valence-electron chi connectivity index (χ0n) is 11.4. The molecule has 0 aliphatic carbocycles. The van der Waals surface area contributed by atoms with Gasteiger partial charge >= 0.3 is 6.09 Å². The Morgan fingerprint density at radius 3 is 2.89 bits per heavy atom. The lowest BCUT2D eigenvalue weighted by atomic mass is 10.2. The highest BCUT2D eigenvalue weighted by Crippen LogP contribution is 2.24. The molecular weight excluding hydrogens is 250 g/mol. The highest BCUT2D eigenvalue weighted by Gasteiger charge is 2.30. The summed E-state index contributed by atoms with van der Waals surface area (Å²) < 4.78 is 16.1. The van der Waals surface area contributed by atoms with Crippen molar-refractivity contribution in [3.63, 3.8) is 0 Å². The Hall–Kier alpha value is -1.76. The largest absolute Gasteiger partial charge is 0.444 e. The summed E-state index contributed by atoms with van der Waals surface area (Å²) in [6.45, 7) is 6.78. The second-order valence-corrected chi connectivity index (χ2v) is 5.39. The lowest BCUT2D eigenvalue weighted by Crippen LogP contribution is -2.44. The first-order chi connectivity index (χ1) is 8.85. The monoisotopic (exact) mass is 269 g/mol. The molecule has 0 aromatic carbocycles. The van der Waals surface area contributed by atoms with E-state index < -0.39 is 5.60 Å². The number of nitrogens with zero attached hydrogens (tertiary/aromatic N) is 2. The van der Waals surface area contributed by atoms with E-state index in [2.05, 4.69) is 4.98 Å². The Balaban J connectivity index is 1.99. The molecule has 1 saturated heterocycles. The van der Waals surface area contributed by atoms with Crippen LogP contribution >= 0.6 is 0 Å². The zero-order valence-corrected chi connectivity index (χ0v) is 11.4. The van der Waals surface area contributed by atoms with Crippen LogP contribution in [0.2, 0.25) is 0 Å². The van der Waals surface area contributed by atoms with E-state index in [9.17, 15) is 4.79 Å². The molecule has 1 aliphatic rings. The molecule has 1 atom stereocenters. The average Bonchev–Trinajstić information content (AvgIpc) is 2.74. The number of oxazole rings is 1. The maximum absolute atomic E-state index is 12.0. The van der Waals surface area contributed by atoms with E-state index in [1.165, 1.54) is 6.20 Å². The molecular formula is C12H19N3O4. The topological polar surface area (TPSA) is 90.8 Å². The third kappa shape index (κ3) is 3.60. The van der Waals surface area contributed by atoms with Gasteiger partial charge in [-0.1, -0.05) is 0 Å². The summed E-state index contributed by atoms with van der Waals surface area (Å²) in [5.74, 6) is 0.519. The number of aromatic nitrogens is 1. The number of hydrogen-bond acceptors (Lipinski definition) is 6. The zero-order chi connectivity index (χ0) is 14.0. The van der Waals surface area contributed by atoms with Crippen molar-refractivity contribution >= 4 is 12.1 Å². The van der Waals surface area contributed by atoms with Crippen LogP contribution in [0.15, 0.2) is 10.6 Å². The number of amides is 1. The predicted molar refractivity (Wildman–Crippen MR) is 67.4 cm³/mol. The fourth-order valence-electron chi connectivity index (χ4n) is 1.76. The van der Waals surface area contributed by atoms with Gasteiger partial charge in [0, 0.05) is 6.54 Å². The number of carbonyl (C=O) groups excluding carboxylic acids is 1. The molecule has 2 rings (SSSR count). The van der Waals surface area contributed by atoms with Crippen LogP contribution in [0.25, 0.3) is 0 Å². The number of nitrogens with two attached hydrogens (primary N) is 1. The Morgan fingerprint density at radius 1 is 1.58 bits per heavy atom. The molecule has 106 valence electrons. The van der Waals surface area contributed by atoms with Crippen molar-refractivity contribution in [2.75, 3.05) is 25.4 Å². The van der Waals surface area contributed by atoms with Crippen LogP contribution in [0.3, 0.4) is 0 Å². The third-order valence-corrected chi connectivity index (χ3v) is 2.58.